The molecule has 1 N–H and O–H groups in total. The third-order valence-electron chi connectivity index (χ3n) is 4.56. The first-order valence-electron chi connectivity index (χ1n) is 7.27. The Morgan fingerprint density at radius 2 is 1.80 bits per heavy atom. The van der Waals surface area contributed by atoms with E-state index in [1.165, 1.54) is 25.7 Å². The van der Waals surface area contributed by atoms with Gasteiger partial charge in [-0.25, -0.2) is 5.43 Å². The summed E-state index contributed by atoms with van der Waals surface area (Å²) in [5, 5.41) is 4.24. The van der Waals surface area contributed by atoms with E-state index in [4.69, 9.17) is 0 Å². The van der Waals surface area contributed by atoms with Crippen LogP contribution in [0, 0.1) is 17.8 Å². The van der Waals surface area contributed by atoms with Crippen molar-refractivity contribution >= 4 is 27.5 Å². The first-order chi connectivity index (χ1) is 9.66. The quantitative estimate of drug-likeness (QED) is 0.664. The van der Waals surface area contributed by atoms with Gasteiger partial charge in [-0.05, 0) is 49.3 Å². The molecule has 0 heterocycles. The SMILES string of the molecule is C/C(=N\NC(=O)C1[C@H]2CCCC[C@@H]12)c1ccc(Br)cc1. The number of hydrazone groups is 1. The van der Waals surface area contributed by atoms with E-state index in [2.05, 4.69) is 26.5 Å². The Morgan fingerprint density at radius 3 is 2.40 bits per heavy atom. The molecule has 3 atom stereocenters. The minimum atomic E-state index is 0.110. The topological polar surface area (TPSA) is 41.5 Å². The molecule has 0 saturated heterocycles. The van der Waals surface area contributed by atoms with Crippen molar-refractivity contribution < 1.29 is 4.79 Å². The Balaban J connectivity index is 1.59. The highest BCUT2D eigenvalue weighted by atomic mass is 79.9. The van der Waals surface area contributed by atoms with Crippen molar-refractivity contribution in [1.82, 2.24) is 5.43 Å². The van der Waals surface area contributed by atoms with Gasteiger partial charge in [0.1, 0.15) is 0 Å². The van der Waals surface area contributed by atoms with Crippen LogP contribution in [0.4, 0.5) is 0 Å². The van der Waals surface area contributed by atoms with Crippen LogP contribution >= 0.6 is 15.9 Å². The molecule has 2 saturated carbocycles. The van der Waals surface area contributed by atoms with Gasteiger partial charge in [-0.1, -0.05) is 40.9 Å². The second-order valence-corrected chi connectivity index (χ2v) is 6.73. The van der Waals surface area contributed by atoms with Gasteiger partial charge in [-0.3, -0.25) is 4.79 Å². The lowest BCUT2D eigenvalue weighted by atomic mass is 10.0. The number of hydrogen-bond acceptors (Lipinski definition) is 2. The highest BCUT2D eigenvalue weighted by molar-refractivity contribution is 9.10. The summed E-state index contributed by atoms with van der Waals surface area (Å²) in [6, 6.07) is 7.94. The van der Waals surface area contributed by atoms with Gasteiger partial charge in [0, 0.05) is 10.4 Å². The number of carbonyl (C=O) groups excluding carboxylic acids is 1. The van der Waals surface area contributed by atoms with Crippen LogP contribution in [-0.4, -0.2) is 11.6 Å². The minimum Gasteiger partial charge on any atom is -0.273 e. The van der Waals surface area contributed by atoms with Crippen LogP contribution in [0.15, 0.2) is 33.8 Å². The molecule has 20 heavy (non-hydrogen) atoms. The third kappa shape index (κ3) is 2.80. The summed E-state index contributed by atoms with van der Waals surface area (Å²) < 4.78 is 1.04. The van der Waals surface area contributed by atoms with Gasteiger partial charge in [0.05, 0.1) is 5.71 Å². The molecule has 3 rings (SSSR count). The molecule has 0 spiro atoms. The fourth-order valence-electron chi connectivity index (χ4n) is 3.35. The Morgan fingerprint density at radius 1 is 1.20 bits per heavy atom. The maximum absolute atomic E-state index is 12.1. The number of carbonyl (C=O) groups is 1. The lowest BCUT2D eigenvalue weighted by molar-refractivity contribution is -0.122. The molecule has 1 unspecified atom stereocenters. The van der Waals surface area contributed by atoms with Crippen LogP contribution < -0.4 is 5.43 Å². The second kappa shape index (κ2) is 5.68. The predicted molar refractivity (Wildman–Crippen MR) is 83.4 cm³/mol. The number of nitrogens with one attached hydrogen (secondary N) is 1. The summed E-state index contributed by atoms with van der Waals surface area (Å²) in [4.78, 5) is 12.1. The van der Waals surface area contributed by atoms with E-state index < -0.39 is 0 Å². The Kier molecular flexibility index (Phi) is 3.92. The largest absolute Gasteiger partial charge is 0.273 e. The summed E-state index contributed by atoms with van der Waals surface area (Å²) in [6.07, 6.45) is 5.01. The molecule has 1 aromatic carbocycles. The first-order valence-corrected chi connectivity index (χ1v) is 8.06. The van der Waals surface area contributed by atoms with E-state index in [9.17, 15) is 4.79 Å². The number of hydrogen-bond donors (Lipinski definition) is 1. The maximum atomic E-state index is 12.1. The molecule has 1 aromatic rings. The van der Waals surface area contributed by atoms with Gasteiger partial charge in [0.25, 0.3) is 0 Å². The fraction of sp³-hybridized carbons (Fsp3) is 0.500. The molecule has 4 heteroatoms. The van der Waals surface area contributed by atoms with Crippen LogP contribution in [0.5, 0.6) is 0 Å². The van der Waals surface area contributed by atoms with Gasteiger partial charge in [-0.2, -0.15) is 5.10 Å². The summed E-state index contributed by atoms with van der Waals surface area (Å²) in [5.41, 5.74) is 4.62. The van der Waals surface area contributed by atoms with E-state index in [1.54, 1.807) is 0 Å². The first kappa shape index (κ1) is 13.8. The highest BCUT2D eigenvalue weighted by Gasteiger charge is 2.54. The maximum Gasteiger partial charge on any atom is 0.243 e. The Labute approximate surface area is 128 Å². The van der Waals surface area contributed by atoms with Gasteiger partial charge in [0.2, 0.25) is 5.91 Å². The van der Waals surface area contributed by atoms with Crippen LogP contribution in [0.1, 0.15) is 38.2 Å². The molecular formula is C16H19BrN2O. The Hall–Kier alpha value is -1.16. The molecule has 2 aliphatic carbocycles. The van der Waals surface area contributed by atoms with E-state index in [0.29, 0.717) is 11.8 Å². The number of rotatable bonds is 3. The number of fused-ring (bicyclic) bond motifs is 1. The zero-order valence-electron chi connectivity index (χ0n) is 11.6. The van der Waals surface area contributed by atoms with Crippen molar-refractivity contribution in [3.05, 3.63) is 34.3 Å². The number of amides is 1. The standard InChI is InChI=1S/C16H19BrN2O/c1-10(11-6-8-12(17)9-7-11)18-19-16(20)15-13-4-2-3-5-14(13)15/h6-9,13-15H,2-5H2,1H3,(H,19,20)/b18-10+/t13-,14+,15?. The molecule has 1 amide bonds. The number of benzene rings is 1. The summed E-state index contributed by atoms with van der Waals surface area (Å²) in [6.45, 7) is 1.92. The van der Waals surface area contributed by atoms with Crippen LogP contribution in [0.3, 0.4) is 0 Å². The summed E-state index contributed by atoms with van der Waals surface area (Å²) >= 11 is 3.41. The van der Waals surface area contributed by atoms with Crippen molar-refractivity contribution in [2.75, 3.05) is 0 Å². The predicted octanol–water partition coefficient (Wildman–Crippen LogP) is 3.73. The molecular weight excluding hydrogens is 316 g/mol. The van der Waals surface area contributed by atoms with Crippen molar-refractivity contribution in [3.8, 4) is 0 Å². The lowest BCUT2D eigenvalue weighted by Crippen LogP contribution is -2.22. The average molecular weight is 335 g/mol. The lowest BCUT2D eigenvalue weighted by Gasteiger charge is -2.04. The van der Waals surface area contributed by atoms with Crippen molar-refractivity contribution in [2.45, 2.75) is 32.6 Å². The summed E-state index contributed by atoms with van der Waals surface area (Å²) in [7, 11) is 0. The smallest absolute Gasteiger partial charge is 0.243 e. The van der Waals surface area contributed by atoms with Gasteiger partial charge in [0.15, 0.2) is 0 Å². The fourth-order valence-corrected chi connectivity index (χ4v) is 3.61. The monoisotopic (exact) mass is 334 g/mol. The zero-order valence-corrected chi connectivity index (χ0v) is 13.2. The molecule has 0 aromatic heterocycles. The molecule has 0 aliphatic heterocycles. The Bertz CT molecular complexity index is 526. The minimum absolute atomic E-state index is 0.110. The van der Waals surface area contributed by atoms with E-state index in [-0.39, 0.29) is 11.8 Å². The normalized spacial score (nSPS) is 28.7. The van der Waals surface area contributed by atoms with Gasteiger partial charge >= 0.3 is 0 Å². The number of halogens is 1. The van der Waals surface area contributed by atoms with Crippen molar-refractivity contribution in [1.29, 1.82) is 0 Å². The third-order valence-corrected chi connectivity index (χ3v) is 5.08. The number of nitrogens with zero attached hydrogens (tertiary/aromatic N) is 1. The van der Waals surface area contributed by atoms with E-state index >= 15 is 0 Å². The molecule has 0 radical (unpaired) electrons. The second-order valence-electron chi connectivity index (χ2n) is 5.82. The summed E-state index contributed by atoms with van der Waals surface area (Å²) in [5.74, 6) is 1.59. The van der Waals surface area contributed by atoms with Crippen molar-refractivity contribution in [2.24, 2.45) is 22.9 Å². The van der Waals surface area contributed by atoms with E-state index in [1.807, 2.05) is 31.2 Å². The molecule has 2 aliphatic rings. The molecule has 2 fully saturated rings. The van der Waals surface area contributed by atoms with Crippen LogP contribution in [0.2, 0.25) is 0 Å². The van der Waals surface area contributed by atoms with Crippen LogP contribution in [-0.2, 0) is 4.79 Å². The highest BCUT2D eigenvalue weighted by Crippen LogP contribution is 2.55. The molecule has 3 nitrogen and oxygen atoms in total. The van der Waals surface area contributed by atoms with Gasteiger partial charge in [-0.15, -0.1) is 0 Å². The van der Waals surface area contributed by atoms with E-state index in [0.717, 1.165) is 15.7 Å². The van der Waals surface area contributed by atoms with Crippen LogP contribution in [0.25, 0.3) is 0 Å². The molecule has 106 valence electrons. The van der Waals surface area contributed by atoms with Crippen molar-refractivity contribution in [3.63, 3.8) is 0 Å². The molecule has 0 bridgehead atoms. The zero-order chi connectivity index (χ0) is 14.1. The van der Waals surface area contributed by atoms with Gasteiger partial charge < -0.3 is 0 Å². The average Bonchev–Trinajstić information content (AvgIpc) is 3.19.